The van der Waals surface area contributed by atoms with E-state index in [1.165, 1.54) is 22.2 Å². The second-order valence-corrected chi connectivity index (χ2v) is 5.96. The third-order valence-electron chi connectivity index (χ3n) is 4.64. The number of nitrogens with two attached hydrogens (primary N) is 1. The monoisotopic (exact) mass is 304 g/mol. The number of hydrogen-bond donors (Lipinski definition) is 4. The van der Waals surface area contributed by atoms with Crippen molar-refractivity contribution in [1.29, 1.82) is 0 Å². The Labute approximate surface area is 132 Å². The molecule has 4 heterocycles. The van der Waals surface area contributed by atoms with Gasteiger partial charge < -0.3 is 16.0 Å². The maximum Gasteiger partial charge on any atom is 0.153 e. The van der Waals surface area contributed by atoms with Gasteiger partial charge in [0.25, 0.3) is 0 Å². The first-order chi connectivity index (χ1) is 11.3. The fourth-order valence-electron chi connectivity index (χ4n) is 3.51. The quantitative estimate of drug-likeness (QED) is 0.434. The number of fused-ring (bicyclic) bond motifs is 4. The van der Waals surface area contributed by atoms with Crippen molar-refractivity contribution < 1.29 is 0 Å². The standard InChI is InChI=1S/C17H16N6/c18-16-11-7-9(1-2-14(11)22-23-16)10-3-6-20-17-15(10)12-8-19-5-4-13(12)21-17/h1-3,6-7,19H,4-5,8H2,(H,20,21)(H3,18,22,23). The summed E-state index contributed by atoms with van der Waals surface area (Å²) in [6, 6.07) is 8.29. The number of benzene rings is 1. The van der Waals surface area contributed by atoms with Crippen molar-refractivity contribution in [1.82, 2.24) is 25.5 Å². The highest BCUT2D eigenvalue weighted by Crippen LogP contribution is 2.34. The number of rotatable bonds is 1. The summed E-state index contributed by atoms with van der Waals surface area (Å²) in [4.78, 5) is 7.99. The van der Waals surface area contributed by atoms with Gasteiger partial charge in [0, 0.05) is 42.2 Å². The number of aromatic nitrogens is 4. The molecule has 0 unspecified atom stereocenters. The number of hydrogen-bond acceptors (Lipinski definition) is 4. The molecule has 4 aromatic rings. The van der Waals surface area contributed by atoms with Crippen LogP contribution in [0.25, 0.3) is 33.1 Å². The van der Waals surface area contributed by atoms with E-state index in [1.54, 1.807) is 0 Å². The van der Waals surface area contributed by atoms with E-state index in [2.05, 4.69) is 43.7 Å². The Kier molecular flexibility index (Phi) is 2.51. The van der Waals surface area contributed by atoms with E-state index in [9.17, 15) is 0 Å². The topological polar surface area (TPSA) is 95.4 Å². The van der Waals surface area contributed by atoms with Gasteiger partial charge in [-0.15, -0.1) is 0 Å². The van der Waals surface area contributed by atoms with E-state index in [0.717, 1.165) is 41.6 Å². The van der Waals surface area contributed by atoms with Crippen LogP contribution in [-0.4, -0.2) is 26.7 Å². The maximum absolute atomic E-state index is 5.96. The molecule has 6 nitrogen and oxygen atoms in total. The number of aromatic amines is 2. The molecule has 0 radical (unpaired) electrons. The largest absolute Gasteiger partial charge is 0.382 e. The van der Waals surface area contributed by atoms with Crippen LogP contribution in [0.1, 0.15) is 11.3 Å². The first-order valence-corrected chi connectivity index (χ1v) is 7.74. The molecule has 0 fully saturated rings. The fourth-order valence-corrected chi connectivity index (χ4v) is 3.51. The van der Waals surface area contributed by atoms with Gasteiger partial charge in [0.05, 0.1) is 5.52 Å². The van der Waals surface area contributed by atoms with E-state index >= 15 is 0 Å². The van der Waals surface area contributed by atoms with Gasteiger partial charge in [-0.1, -0.05) is 6.07 Å². The number of anilines is 1. The molecule has 1 aromatic carbocycles. The minimum atomic E-state index is 0.532. The van der Waals surface area contributed by atoms with Crippen LogP contribution in [0.5, 0.6) is 0 Å². The van der Waals surface area contributed by atoms with Crippen molar-refractivity contribution in [2.24, 2.45) is 0 Å². The Balaban J connectivity index is 1.81. The second kappa shape index (κ2) is 4.57. The van der Waals surface area contributed by atoms with Gasteiger partial charge in [0.1, 0.15) is 5.65 Å². The van der Waals surface area contributed by atoms with Crippen molar-refractivity contribution >= 4 is 27.8 Å². The summed E-state index contributed by atoms with van der Waals surface area (Å²) in [5.41, 5.74) is 12.8. The zero-order chi connectivity index (χ0) is 15.4. The van der Waals surface area contributed by atoms with E-state index < -0.39 is 0 Å². The Morgan fingerprint density at radius 2 is 2.13 bits per heavy atom. The first kappa shape index (κ1) is 12.7. The number of H-pyrrole nitrogens is 2. The molecule has 23 heavy (non-hydrogen) atoms. The van der Waals surface area contributed by atoms with Crippen LogP contribution in [0.4, 0.5) is 5.82 Å². The van der Waals surface area contributed by atoms with E-state index in [-0.39, 0.29) is 0 Å². The predicted molar refractivity (Wildman–Crippen MR) is 91.0 cm³/mol. The molecule has 0 bridgehead atoms. The van der Waals surface area contributed by atoms with Crippen LogP contribution in [0.15, 0.2) is 30.5 Å². The summed E-state index contributed by atoms with van der Waals surface area (Å²) in [6.45, 7) is 1.89. The smallest absolute Gasteiger partial charge is 0.153 e. The summed E-state index contributed by atoms with van der Waals surface area (Å²) in [6.07, 6.45) is 2.87. The molecule has 5 rings (SSSR count). The Morgan fingerprint density at radius 1 is 1.17 bits per heavy atom. The number of nitrogen functional groups attached to an aromatic ring is 1. The molecular weight excluding hydrogens is 288 g/mol. The summed E-state index contributed by atoms with van der Waals surface area (Å²) in [5.74, 6) is 0.532. The maximum atomic E-state index is 5.96. The lowest BCUT2D eigenvalue weighted by molar-refractivity contribution is 0.641. The van der Waals surface area contributed by atoms with Crippen molar-refractivity contribution in [2.45, 2.75) is 13.0 Å². The molecule has 0 atom stereocenters. The van der Waals surface area contributed by atoms with E-state index in [4.69, 9.17) is 5.73 Å². The van der Waals surface area contributed by atoms with Crippen molar-refractivity contribution in [2.75, 3.05) is 12.3 Å². The van der Waals surface area contributed by atoms with Gasteiger partial charge in [-0.2, -0.15) is 5.10 Å². The molecule has 0 saturated heterocycles. The van der Waals surface area contributed by atoms with Gasteiger partial charge in [0.15, 0.2) is 5.82 Å². The molecule has 0 saturated carbocycles. The van der Waals surface area contributed by atoms with Crippen molar-refractivity contribution in [3.63, 3.8) is 0 Å². The molecular formula is C17H16N6. The van der Waals surface area contributed by atoms with Crippen LogP contribution in [0.2, 0.25) is 0 Å². The predicted octanol–water partition coefficient (Wildman–Crippen LogP) is 2.33. The minimum Gasteiger partial charge on any atom is -0.382 e. The highest BCUT2D eigenvalue weighted by atomic mass is 15.1. The van der Waals surface area contributed by atoms with E-state index in [1.807, 2.05) is 12.3 Å². The molecule has 5 N–H and O–H groups in total. The SMILES string of the molecule is Nc1n[nH]c2ccc(-c3ccnc4[nH]c5c(c34)CNCC5)cc12. The number of nitrogens with one attached hydrogen (secondary N) is 3. The third kappa shape index (κ3) is 1.78. The van der Waals surface area contributed by atoms with Crippen molar-refractivity contribution in [3.05, 3.63) is 41.7 Å². The van der Waals surface area contributed by atoms with Gasteiger partial charge in [-0.05, 0) is 34.9 Å². The second-order valence-electron chi connectivity index (χ2n) is 5.96. The van der Waals surface area contributed by atoms with Crippen molar-refractivity contribution in [3.8, 4) is 11.1 Å². The zero-order valence-electron chi connectivity index (χ0n) is 12.5. The van der Waals surface area contributed by atoms with Gasteiger partial charge in [-0.25, -0.2) is 4.98 Å². The molecule has 6 heteroatoms. The van der Waals surface area contributed by atoms with Gasteiger partial charge >= 0.3 is 0 Å². The zero-order valence-corrected chi connectivity index (χ0v) is 12.5. The normalized spacial score (nSPS) is 14.4. The summed E-state index contributed by atoms with van der Waals surface area (Å²) >= 11 is 0. The summed E-state index contributed by atoms with van der Waals surface area (Å²) in [7, 11) is 0. The Morgan fingerprint density at radius 3 is 3.09 bits per heavy atom. The molecule has 3 aromatic heterocycles. The van der Waals surface area contributed by atoms with Crippen LogP contribution < -0.4 is 11.1 Å². The number of pyridine rings is 1. The van der Waals surface area contributed by atoms with E-state index in [0.29, 0.717) is 5.82 Å². The highest BCUT2D eigenvalue weighted by molar-refractivity contribution is 6.00. The average Bonchev–Trinajstić information content (AvgIpc) is 3.15. The third-order valence-corrected chi connectivity index (χ3v) is 4.64. The van der Waals surface area contributed by atoms with Crippen LogP contribution in [-0.2, 0) is 13.0 Å². The summed E-state index contributed by atoms with van der Waals surface area (Å²) < 4.78 is 0. The first-order valence-electron chi connectivity index (χ1n) is 7.74. The van der Waals surface area contributed by atoms with Gasteiger partial charge in [-0.3, -0.25) is 5.10 Å². The fraction of sp³-hybridized carbons (Fsp3) is 0.176. The molecule has 0 amide bonds. The van der Waals surface area contributed by atoms with Crippen LogP contribution in [0.3, 0.4) is 0 Å². The lowest BCUT2D eigenvalue weighted by atomic mass is 9.97. The van der Waals surface area contributed by atoms with Gasteiger partial charge in [0.2, 0.25) is 0 Å². The Bertz CT molecular complexity index is 1040. The molecule has 0 aliphatic carbocycles. The average molecular weight is 304 g/mol. The lowest BCUT2D eigenvalue weighted by Gasteiger charge is -2.13. The number of nitrogens with zero attached hydrogens (tertiary/aromatic N) is 2. The van der Waals surface area contributed by atoms with Crippen LogP contribution in [0, 0.1) is 0 Å². The molecule has 1 aliphatic heterocycles. The molecule has 0 spiro atoms. The highest BCUT2D eigenvalue weighted by Gasteiger charge is 2.19. The summed E-state index contributed by atoms with van der Waals surface area (Å²) in [5, 5.41) is 12.6. The molecule has 114 valence electrons. The lowest BCUT2D eigenvalue weighted by Crippen LogP contribution is -2.22. The Hall–Kier alpha value is -2.86. The van der Waals surface area contributed by atoms with Crippen LogP contribution >= 0.6 is 0 Å². The molecule has 1 aliphatic rings. The minimum absolute atomic E-state index is 0.532.